The van der Waals surface area contributed by atoms with Crippen LogP contribution in [0.15, 0.2) is 18.2 Å². The van der Waals surface area contributed by atoms with Gasteiger partial charge in [-0.2, -0.15) is 0 Å². The number of nitrogens with one attached hydrogen (secondary N) is 1. The Bertz CT molecular complexity index is 371. The summed E-state index contributed by atoms with van der Waals surface area (Å²) in [5.74, 6) is 0.219. The molecule has 0 aliphatic carbocycles. The molecule has 0 heterocycles. The summed E-state index contributed by atoms with van der Waals surface area (Å²) >= 11 is 5.73. The highest BCUT2D eigenvalue weighted by atomic mass is 35.5. The highest BCUT2D eigenvalue weighted by molar-refractivity contribution is 6.30. The molecular weight excluding hydrogens is 237 g/mol. The first-order valence-corrected chi connectivity index (χ1v) is 6.33. The molecule has 0 fully saturated rings. The molecule has 1 N–H and O–H groups in total. The highest BCUT2D eigenvalue weighted by Crippen LogP contribution is 2.24. The summed E-state index contributed by atoms with van der Waals surface area (Å²) in [4.78, 5) is 0. The van der Waals surface area contributed by atoms with Crippen molar-refractivity contribution in [2.75, 3.05) is 6.54 Å². The fourth-order valence-electron chi connectivity index (χ4n) is 1.39. The first-order valence-electron chi connectivity index (χ1n) is 5.95. The molecule has 0 saturated heterocycles. The molecule has 0 aromatic heterocycles. The minimum Gasteiger partial charge on any atom is -0.312 e. The van der Waals surface area contributed by atoms with E-state index in [-0.39, 0.29) is 10.8 Å². The van der Waals surface area contributed by atoms with Crippen LogP contribution in [0.3, 0.4) is 0 Å². The van der Waals surface area contributed by atoms with E-state index < -0.39 is 0 Å². The molecule has 0 spiro atoms. The van der Waals surface area contributed by atoms with Crippen molar-refractivity contribution in [1.82, 2.24) is 5.32 Å². The molecule has 0 radical (unpaired) electrons. The highest BCUT2D eigenvalue weighted by Gasteiger charge is 2.19. The van der Waals surface area contributed by atoms with Gasteiger partial charge >= 0.3 is 0 Å². The van der Waals surface area contributed by atoms with Crippen LogP contribution in [-0.4, -0.2) is 6.54 Å². The zero-order chi connectivity index (χ0) is 13.1. The molecule has 3 heteroatoms. The van der Waals surface area contributed by atoms with Gasteiger partial charge in [0.25, 0.3) is 0 Å². The predicted octanol–water partition coefficient (Wildman–Crippen LogP) is 4.25. The number of rotatable bonds is 4. The van der Waals surface area contributed by atoms with E-state index in [1.165, 1.54) is 6.07 Å². The Labute approximate surface area is 108 Å². The molecule has 1 aromatic carbocycles. The Kier molecular flexibility index (Phi) is 4.96. The Balaban J connectivity index is 2.44. The lowest BCUT2D eigenvalue weighted by atomic mass is 9.82. The summed E-state index contributed by atoms with van der Waals surface area (Å²) in [6, 6.07) is 4.84. The van der Waals surface area contributed by atoms with Crippen LogP contribution in [0.1, 0.15) is 33.3 Å². The standard InChI is InChI=1S/C14H21ClFN/c1-10(14(2,3)4)8-17-9-11-5-6-13(16)12(15)7-11/h5-7,10,17H,8-9H2,1-4H3. The quantitative estimate of drug-likeness (QED) is 0.850. The Morgan fingerprint density at radius 2 is 2.00 bits per heavy atom. The second-order valence-corrected chi connectivity index (χ2v) is 6.05. The third-order valence-corrected chi connectivity index (χ3v) is 3.53. The number of hydrogen-bond donors (Lipinski definition) is 1. The van der Waals surface area contributed by atoms with E-state index >= 15 is 0 Å². The zero-order valence-corrected chi connectivity index (χ0v) is 11.7. The van der Waals surface area contributed by atoms with Gasteiger partial charge in [0.2, 0.25) is 0 Å². The van der Waals surface area contributed by atoms with Crippen LogP contribution in [0, 0.1) is 17.2 Å². The van der Waals surface area contributed by atoms with Crippen molar-refractivity contribution in [3.05, 3.63) is 34.6 Å². The van der Waals surface area contributed by atoms with Gasteiger partial charge in [-0.05, 0) is 35.6 Å². The van der Waals surface area contributed by atoms with E-state index in [1.54, 1.807) is 12.1 Å². The van der Waals surface area contributed by atoms with Crippen molar-refractivity contribution in [2.45, 2.75) is 34.2 Å². The maximum Gasteiger partial charge on any atom is 0.141 e. The minimum absolute atomic E-state index is 0.188. The lowest BCUT2D eigenvalue weighted by Gasteiger charge is -2.27. The van der Waals surface area contributed by atoms with E-state index in [0.717, 1.165) is 18.7 Å². The Morgan fingerprint density at radius 3 is 2.53 bits per heavy atom. The van der Waals surface area contributed by atoms with Crippen molar-refractivity contribution in [1.29, 1.82) is 0 Å². The number of hydrogen-bond acceptors (Lipinski definition) is 1. The summed E-state index contributed by atoms with van der Waals surface area (Å²) in [6.45, 7) is 10.6. The van der Waals surface area contributed by atoms with Crippen LogP contribution >= 0.6 is 11.6 Å². The summed E-state index contributed by atoms with van der Waals surface area (Å²) in [6.07, 6.45) is 0. The van der Waals surface area contributed by atoms with Gasteiger partial charge < -0.3 is 5.32 Å². The van der Waals surface area contributed by atoms with Gasteiger partial charge in [0, 0.05) is 6.54 Å². The second-order valence-electron chi connectivity index (χ2n) is 5.65. The van der Waals surface area contributed by atoms with Crippen molar-refractivity contribution < 1.29 is 4.39 Å². The summed E-state index contributed by atoms with van der Waals surface area (Å²) in [5, 5.41) is 3.56. The second kappa shape index (κ2) is 5.83. The summed E-state index contributed by atoms with van der Waals surface area (Å²) < 4.78 is 13.0. The minimum atomic E-state index is -0.363. The smallest absolute Gasteiger partial charge is 0.141 e. The summed E-state index contributed by atoms with van der Waals surface area (Å²) in [7, 11) is 0. The lowest BCUT2D eigenvalue weighted by molar-refractivity contribution is 0.252. The molecule has 0 aliphatic rings. The molecule has 0 aliphatic heterocycles. The molecule has 1 aromatic rings. The monoisotopic (exact) mass is 257 g/mol. The van der Waals surface area contributed by atoms with Crippen molar-refractivity contribution in [3.8, 4) is 0 Å². The molecule has 0 amide bonds. The number of benzene rings is 1. The van der Waals surface area contributed by atoms with Gasteiger partial charge in [-0.15, -0.1) is 0 Å². The molecular formula is C14H21ClFN. The van der Waals surface area contributed by atoms with Crippen molar-refractivity contribution in [3.63, 3.8) is 0 Å². The van der Waals surface area contributed by atoms with Gasteiger partial charge in [-0.25, -0.2) is 4.39 Å². The number of halogens is 2. The zero-order valence-electron chi connectivity index (χ0n) is 11.0. The molecule has 96 valence electrons. The van der Waals surface area contributed by atoms with Crippen LogP contribution in [0.5, 0.6) is 0 Å². The van der Waals surface area contributed by atoms with Crippen LogP contribution in [0.4, 0.5) is 4.39 Å². The van der Waals surface area contributed by atoms with Crippen molar-refractivity contribution in [2.24, 2.45) is 11.3 Å². The van der Waals surface area contributed by atoms with Crippen LogP contribution < -0.4 is 5.32 Å². The van der Waals surface area contributed by atoms with Gasteiger partial charge in [0.1, 0.15) is 5.82 Å². The van der Waals surface area contributed by atoms with Crippen molar-refractivity contribution >= 4 is 11.6 Å². The molecule has 1 atom stereocenters. The lowest BCUT2D eigenvalue weighted by Crippen LogP contribution is -2.29. The third kappa shape index (κ3) is 4.64. The molecule has 17 heavy (non-hydrogen) atoms. The van der Waals surface area contributed by atoms with Gasteiger partial charge in [-0.3, -0.25) is 0 Å². The van der Waals surface area contributed by atoms with E-state index in [0.29, 0.717) is 11.3 Å². The fourth-order valence-corrected chi connectivity index (χ4v) is 1.59. The van der Waals surface area contributed by atoms with Crippen LogP contribution in [0.25, 0.3) is 0 Å². The van der Waals surface area contributed by atoms with Gasteiger partial charge in [-0.1, -0.05) is 45.4 Å². The maximum absolute atomic E-state index is 13.0. The first-order chi connectivity index (χ1) is 7.80. The maximum atomic E-state index is 13.0. The predicted molar refractivity (Wildman–Crippen MR) is 71.7 cm³/mol. The first kappa shape index (κ1) is 14.5. The Morgan fingerprint density at radius 1 is 1.35 bits per heavy atom. The molecule has 1 nitrogen and oxygen atoms in total. The van der Waals surface area contributed by atoms with E-state index in [1.807, 2.05) is 0 Å². The molecule has 1 unspecified atom stereocenters. The molecule has 0 saturated carbocycles. The van der Waals surface area contributed by atoms with Crippen LogP contribution in [-0.2, 0) is 6.54 Å². The van der Waals surface area contributed by atoms with E-state index in [4.69, 9.17) is 11.6 Å². The average molecular weight is 258 g/mol. The SMILES string of the molecule is CC(CNCc1ccc(F)c(Cl)c1)C(C)(C)C. The summed E-state index contributed by atoms with van der Waals surface area (Å²) in [5.41, 5.74) is 1.31. The van der Waals surface area contributed by atoms with Gasteiger partial charge in [0.05, 0.1) is 5.02 Å². The largest absolute Gasteiger partial charge is 0.312 e. The fraction of sp³-hybridized carbons (Fsp3) is 0.571. The average Bonchev–Trinajstić information content (AvgIpc) is 2.22. The van der Waals surface area contributed by atoms with E-state index in [9.17, 15) is 4.39 Å². The Hall–Kier alpha value is -0.600. The van der Waals surface area contributed by atoms with Gasteiger partial charge in [0.15, 0.2) is 0 Å². The van der Waals surface area contributed by atoms with Crippen LogP contribution in [0.2, 0.25) is 5.02 Å². The normalized spacial score (nSPS) is 13.8. The van der Waals surface area contributed by atoms with E-state index in [2.05, 4.69) is 33.0 Å². The topological polar surface area (TPSA) is 12.0 Å². The molecule has 0 bridgehead atoms. The molecule has 1 rings (SSSR count). The third-order valence-electron chi connectivity index (χ3n) is 3.24.